The van der Waals surface area contributed by atoms with E-state index in [-0.39, 0.29) is 5.92 Å². The van der Waals surface area contributed by atoms with Crippen LogP contribution in [0.3, 0.4) is 0 Å². The molecule has 0 aromatic heterocycles. The Hall–Kier alpha value is -0.530. The maximum absolute atomic E-state index is 12.1. The summed E-state index contributed by atoms with van der Waals surface area (Å²) in [6.45, 7) is 4.06. The number of hydrogen-bond donors (Lipinski definition) is 0. The van der Waals surface area contributed by atoms with E-state index in [1.54, 1.807) is 0 Å². The minimum absolute atomic E-state index is 0.174. The number of carbonyl (C=O) groups excluding carboxylic acids is 1. The Morgan fingerprint density at radius 2 is 1.53 bits per heavy atom. The first-order chi connectivity index (χ1) is 7.20. The Morgan fingerprint density at radius 1 is 1.00 bits per heavy atom. The van der Waals surface area contributed by atoms with Crippen molar-refractivity contribution in [1.82, 2.24) is 4.90 Å². The normalized spacial score (nSPS) is 23.1. The van der Waals surface area contributed by atoms with Crippen LogP contribution in [0.2, 0.25) is 0 Å². The minimum atomic E-state index is 0.174. The zero-order valence-electron chi connectivity index (χ0n) is 10.0. The number of rotatable bonds is 3. The third-order valence-corrected chi connectivity index (χ3v) is 3.66. The Labute approximate surface area is 93.0 Å². The molecule has 86 valence electrons. The quantitative estimate of drug-likeness (QED) is 0.699. The van der Waals surface area contributed by atoms with Crippen molar-refractivity contribution in [2.45, 2.75) is 70.9 Å². The van der Waals surface area contributed by atoms with Crippen LogP contribution >= 0.6 is 0 Å². The molecule has 0 saturated heterocycles. The van der Waals surface area contributed by atoms with Gasteiger partial charge in [0.1, 0.15) is 0 Å². The van der Waals surface area contributed by atoms with Gasteiger partial charge >= 0.3 is 0 Å². The molecule has 2 saturated carbocycles. The molecule has 0 aromatic carbocycles. The van der Waals surface area contributed by atoms with Crippen LogP contribution in [-0.4, -0.2) is 22.9 Å². The lowest BCUT2D eigenvalue weighted by Crippen LogP contribution is -2.44. The van der Waals surface area contributed by atoms with Gasteiger partial charge in [-0.2, -0.15) is 0 Å². The number of amides is 1. The van der Waals surface area contributed by atoms with Gasteiger partial charge in [0.05, 0.1) is 0 Å². The highest BCUT2D eigenvalue weighted by Gasteiger charge is 2.38. The fourth-order valence-corrected chi connectivity index (χ4v) is 2.67. The average Bonchev–Trinajstić information content (AvgIpc) is 3.04. The first kappa shape index (κ1) is 11.0. The molecule has 0 atom stereocenters. The fraction of sp³-hybridized carbons (Fsp3) is 0.923. The molecule has 2 aliphatic rings. The molecule has 1 amide bonds. The van der Waals surface area contributed by atoms with Gasteiger partial charge in [0.25, 0.3) is 0 Å². The molecule has 0 radical (unpaired) electrons. The van der Waals surface area contributed by atoms with Crippen molar-refractivity contribution in [3.63, 3.8) is 0 Å². The van der Waals surface area contributed by atoms with Crippen molar-refractivity contribution < 1.29 is 4.79 Å². The summed E-state index contributed by atoms with van der Waals surface area (Å²) in [5, 5.41) is 0. The predicted octanol–water partition coefficient (Wildman–Crippen LogP) is 2.97. The van der Waals surface area contributed by atoms with Crippen LogP contribution in [0.4, 0.5) is 0 Å². The van der Waals surface area contributed by atoms with Crippen molar-refractivity contribution >= 4 is 5.91 Å². The van der Waals surface area contributed by atoms with Gasteiger partial charge in [0.2, 0.25) is 5.91 Å². The van der Waals surface area contributed by atoms with E-state index >= 15 is 0 Å². The van der Waals surface area contributed by atoms with Crippen molar-refractivity contribution in [2.75, 3.05) is 0 Å². The third-order valence-electron chi connectivity index (χ3n) is 3.66. The summed E-state index contributed by atoms with van der Waals surface area (Å²) in [5.74, 6) is 0.567. The molecule has 0 bridgehead atoms. The molecule has 0 spiro atoms. The molecule has 2 aliphatic carbocycles. The standard InChI is InChI=1S/C13H23NO/c1-10(2)13(15)14(12-8-9-12)11-6-4-3-5-7-11/h10-12H,3-9H2,1-2H3. The van der Waals surface area contributed by atoms with Gasteiger partial charge in [-0.05, 0) is 25.7 Å². The van der Waals surface area contributed by atoms with Gasteiger partial charge in [0.15, 0.2) is 0 Å². The van der Waals surface area contributed by atoms with E-state index in [1.807, 2.05) is 13.8 Å². The lowest BCUT2D eigenvalue weighted by Gasteiger charge is -2.35. The summed E-state index contributed by atoms with van der Waals surface area (Å²) in [7, 11) is 0. The van der Waals surface area contributed by atoms with Crippen molar-refractivity contribution in [2.24, 2.45) is 5.92 Å². The fourth-order valence-electron chi connectivity index (χ4n) is 2.67. The molecule has 2 heteroatoms. The molecule has 2 rings (SSSR count). The minimum Gasteiger partial charge on any atom is -0.337 e. The maximum atomic E-state index is 12.1. The number of hydrogen-bond acceptors (Lipinski definition) is 1. The van der Waals surface area contributed by atoms with Gasteiger partial charge in [-0.15, -0.1) is 0 Å². The monoisotopic (exact) mass is 209 g/mol. The topological polar surface area (TPSA) is 20.3 Å². The van der Waals surface area contributed by atoms with Gasteiger partial charge in [-0.1, -0.05) is 33.1 Å². The van der Waals surface area contributed by atoms with E-state index in [1.165, 1.54) is 44.9 Å². The highest BCUT2D eigenvalue weighted by molar-refractivity contribution is 5.79. The molecule has 2 nitrogen and oxygen atoms in total. The third kappa shape index (κ3) is 2.53. The molecule has 0 N–H and O–H groups in total. The SMILES string of the molecule is CC(C)C(=O)N(C1CCCCC1)C1CC1. The van der Waals surface area contributed by atoms with Crippen LogP contribution < -0.4 is 0 Å². The van der Waals surface area contributed by atoms with Gasteiger partial charge in [-0.3, -0.25) is 4.79 Å². The molecule has 0 unspecified atom stereocenters. The zero-order chi connectivity index (χ0) is 10.8. The highest BCUT2D eigenvalue weighted by atomic mass is 16.2. The van der Waals surface area contributed by atoms with Crippen LogP contribution in [0.5, 0.6) is 0 Å². The summed E-state index contributed by atoms with van der Waals surface area (Å²) in [5.41, 5.74) is 0. The average molecular weight is 209 g/mol. The first-order valence-electron chi connectivity index (χ1n) is 6.52. The van der Waals surface area contributed by atoms with Gasteiger partial charge in [0, 0.05) is 18.0 Å². The summed E-state index contributed by atoms with van der Waals surface area (Å²) >= 11 is 0. The number of carbonyl (C=O) groups is 1. The second kappa shape index (κ2) is 4.54. The molecule has 0 aliphatic heterocycles. The summed E-state index contributed by atoms with van der Waals surface area (Å²) in [6.07, 6.45) is 8.98. The highest BCUT2D eigenvalue weighted by Crippen LogP contribution is 2.34. The maximum Gasteiger partial charge on any atom is 0.225 e. The molecular formula is C13H23NO. The van der Waals surface area contributed by atoms with Gasteiger partial charge < -0.3 is 4.90 Å². The molecule has 0 aromatic rings. The van der Waals surface area contributed by atoms with E-state index in [4.69, 9.17) is 0 Å². The molecule has 0 heterocycles. The Morgan fingerprint density at radius 3 is 2.00 bits per heavy atom. The van der Waals surface area contributed by atoms with E-state index in [0.29, 0.717) is 18.0 Å². The summed E-state index contributed by atoms with van der Waals surface area (Å²) in [6, 6.07) is 1.17. The van der Waals surface area contributed by atoms with Crippen molar-refractivity contribution in [3.8, 4) is 0 Å². The summed E-state index contributed by atoms with van der Waals surface area (Å²) in [4.78, 5) is 14.4. The van der Waals surface area contributed by atoms with Crippen LogP contribution in [0.25, 0.3) is 0 Å². The second-order valence-corrected chi connectivity index (χ2v) is 5.42. The largest absolute Gasteiger partial charge is 0.337 e. The van der Waals surface area contributed by atoms with Crippen LogP contribution in [0, 0.1) is 5.92 Å². The van der Waals surface area contributed by atoms with Crippen LogP contribution in [0.1, 0.15) is 58.8 Å². The molecule has 15 heavy (non-hydrogen) atoms. The van der Waals surface area contributed by atoms with E-state index in [2.05, 4.69) is 4.90 Å². The van der Waals surface area contributed by atoms with Crippen molar-refractivity contribution in [1.29, 1.82) is 0 Å². The second-order valence-electron chi connectivity index (χ2n) is 5.42. The van der Waals surface area contributed by atoms with Crippen molar-refractivity contribution in [3.05, 3.63) is 0 Å². The van der Waals surface area contributed by atoms with Gasteiger partial charge in [-0.25, -0.2) is 0 Å². The molecule has 2 fully saturated rings. The Balaban J connectivity index is 2.01. The first-order valence-corrected chi connectivity index (χ1v) is 6.52. The van der Waals surface area contributed by atoms with Crippen LogP contribution in [0.15, 0.2) is 0 Å². The number of nitrogens with zero attached hydrogens (tertiary/aromatic N) is 1. The Kier molecular flexibility index (Phi) is 3.32. The molecular weight excluding hydrogens is 186 g/mol. The lowest BCUT2D eigenvalue weighted by atomic mass is 9.93. The van der Waals surface area contributed by atoms with E-state index in [9.17, 15) is 4.79 Å². The summed E-state index contributed by atoms with van der Waals surface area (Å²) < 4.78 is 0. The van der Waals surface area contributed by atoms with Crippen LogP contribution in [-0.2, 0) is 4.79 Å². The zero-order valence-corrected chi connectivity index (χ0v) is 10.0. The lowest BCUT2D eigenvalue weighted by molar-refractivity contribution is -0.138. The Bertz CT molecular complexity index is 227. The smallest absolute Gasteiger partial charge is 0.225 e. The van der Waals surface area contributed by atoms with E-state index in [0.717, 1.165) is 0 Å². The predicted molar refractivity (Wildman–Crippen MR) is 61.6 cm³/mol. The van der Waals surface area contributed by atoms with E-state index < -0.39 is 0 Å².